The third-order valence-electron chi connectivity index (χ3n) is 8.35. The normalized spacial score (nSPS) is 26.2. The van der Waals surface area contributed by atoms with Crippen molar-refractivity contribution in [1.29, 1.82) is 0 Å². The van der Waals surface area contributed by atoms with E-state index in [1.807, 2.05) is 31.2 Å². The Morgan fingerprint density at radius 1 is 1.11 bits per heavy atom. The summed E-state index contributed by atoms with van der Waals surface area (Å²) in [6, 6.07) is 9.21. The van der Waals surface area contributed by atoms with Gasteiger partial charge in [-0.3, -0.25) is 4.79 Å². The zero-order chi connectivity index (χ0) is 26.4. The maximum Gasteiger partial charge on any atom is 0.318 e. The Morgan fingerprint density at radius 2 is 1.73 bits per heavy atom. The summed E-state index contributed by atoms with van der Waals surface area (Å²) in [7, 11) is 0. The predicted molar refractivity (Wildman–Crippen MR) is 147 cm³/mol. The third-order valence-corrected chi connectivity index (χ3v) is 8.67. The summed E-state index contributed by atoms with van der Waals surface area (Å²) >= 11 is 6.47. The molecule has 37 heavy (non-hydrogen) atoms. The lowest BCUT2D eigenvalue weighted by Crippen LogP contribution is -2.62. The molecule has 0 atom stereocenters. The summed E-state index contributed by atoms with van der Waals surface area (Å²) in [6.45, 7) is 8.79. The quantitative estimate of drug-likeness (QED) is 0.455. The maximum absolute atomic E-state index is 13.5. The molecular formula is C29H40ClN5O2. The van der Waals surface area contributed by atoms with Crippen LogP contribution in [-0.2, 0) is 10.2 Å². The highest BCUT2D eigenvalue weighted by atomic mass is 35.5. The number of carbonyl (C=O) groups is 2. The highest BCUT2D eigenvalue weighted by Gasteiger charge is 2.51. The minimum atomic E-state index is -0.247. The number of urea groups is 1. The number of carbonyl (C=O) groups excluding carboxylic acids is 2. The van der Waals surface area contributed by atoms with Crippen LogP contribution in [0.15, 0.2) is 30.3 Å². The monoisotopic (exact) mass is 525 g/mol. The molecule has 0 aliphatic heterocycles. The summed E-state index contributed by atoms with van der Waals surface area (Å²) in [5.41, 5.74) is 1.24. The van der Waals surface area contributed by atoms with Crippen molar-refractivity contribution in [3.05, 3.63) is 41.0 Å². The molecule has 2 N–H and O–H groups in total. The SMILES string of the molecule is CCCN(CC(=O)Nc1cc(C(C)(C)C)nn1-c1ccccc1Cl)C(=O)NC12CC3CC(CC(C3)C1)C2. The Bertz CT molecular complexity index is 1130. The smallest absolute Gasteiger partial charge is 0.318 e. The average Bonchev–Trinajstić information content (AvgIpc) is 3.22. The fraction of sp³-hybridized carbons (Fsp3) is 0.621. The van der Waals surface area contributed by atoms with Crippen molar-refractivity contribution in [3.8, 4) is 5.69 Å². The zero-order valence-electron chi connectivity index (χ0n) is 22.5. The van der Waals surface area contributed by atoms with Gasteiger partial charge in [0, 0.05) is 23.6 Å². The van der Waals surface area contributed by atoms with E-state index in [0.717, 1.165) is 49.1 Å². The highest BCUT2D eigenvalue weighted by molar-refractivity contribution is 6.32. The van der Waals surface area contributed by atoms with Crippen LogP contribution in [0.25, 0.3) is 5.69 Å². The fourth-order valence-corrected chi connectivity index (χ4v) is 7.31. The number of amides is 3. The van der Waals surface area contributed by atoms with Gasteiger partial charge in [-0.2, -0.15) is 5.10 Å². The summed E-state index contributed by atoms with van der Waals surface area (Å²) in [4.78, 5) is 28.4. The van der Waals surface area contributed by atoms with Gasteiger partial charge < -0.3 is 15.5 Å². The molecular weight excluding hydrogens is 486 g/mol. The van der Waals surface area contributed by atoms with E-state index in [-0.39, 0.29) is 29.4 Å². The van der Waals surface area contributed by atoms with E-state index in [0.29, 0.717) is 23.1 Å². The van der Waals surface area contributed by atoms with Gasteiger partial charge in [0.1, 0.15) is 12.4 Å². The van der Waals surface area contributed by atoms with Crippen LogP contribution >= 0.6 is 11.6 Å². The second kappa shape index (κ2) is 9.97. The van der Waals surface area contributed by atoms with Crippen LogP contribution in [0, 0.1) is 17.8 Å². The van der Waals surface area contributed by atoms with E-state index < -0.39 is 0 Å². The van der Waals surface area contributed by atoms with Gasteiger partial charge in [0.05, 0.1) is 16.4 Å². The summed E-state index contributed by atoms with van der Waals surface area (Å²) in [5.74, 6) is 2.54. The minimum Gasteiger partial charge on any atom is -0.333 e. The number of nitrogens with one attached hydrogen (secondary N) is 2. The van der Waals surface area contributed by atoms with Crippen LogP contribution in [0.5, 0.6) is 0 Å². The molecule has 4 saturated carbocycles. The molecule has 4 aliphatic carbocycles. The Balaban J connectivity index is 1.31. The molecule has 0 spiro atoms. The molecule has 2 aromatic rings. The molecule has 200 valence electrons. The third kappa shape index (κ3) is 5.52. The summed E-state index contributed by atoms with van der Waals surface area (Å²) < 4.78 is 1.68. The van der Waals surface area contributed by atoms with Crippen molar-refractivity contribution in [3.63, 3.8) is 0 Å². The van der Waals surface area contributed by atoms with E-state index in [2.05, 4.69) is 31.4 Å². The first kappa shape index (κ1) is 26.1. The Kier molecular flexibility index (Phi) is 7.03. The molecule has 4 aliphatic rings. The Labute approximate surface area is 225 Å². The molecule has 0 radical (unpaired) electrons. The van der Waals surface area contributed by atoms with Gasteiger partial charge in [-0.05, 0) is 74.8 Å². The molecule has 3 amide bonds. The highest BCUT2D eigenvalue weighted by Crippen LogP contribution is 2.55. The van der Waals surface area contributed by atoms with Crippen molar-refractivity contribution in [2.75, 3.05) is 18.4 Å². The number of rotatable bonds is 7. The zero-order valence-corrected chi connectivity index (χ0v) is 23.3. The molecule has 0 saturated heterocycles. The molecule has 8 heteroatoms. The van der Waals surface area contributed by atoms with Gasteiger partial charge in [-0.25, -0.2) is 9.48 Å². The predicted octanol–water partition coefficient (Wildman–Crippen LogP) is 6.15. The van der Waals surface area contributed by atoms with E-state index in [9.17, 15) is 9.59 Å². The van der Waals surface area contributed by atoms with E-state index >= 15 is 0 Å². The number of nitrogens with zero attached hydrogens (tertiary/aromatic N) is 3. The minimum absolute atomic E-state index is 0.00933. The molecule has 4 bridgehead atoms. The number of para-hydroxylation sites is 1. The molecule has 4 fully saturated rings. The lowest BCUT2D eigenvalue weighted by Gasteiger charge is -2.57. The second-order valence-electron chi connectivity index (χ2n) is 12.6. The largest absolute Gasteiger partial charge is 0.333 e. The van der Waals surface area contributed by atoms with Crippen molar-refractivity contribution in [2.45, 2.75) is 83.6 Å². The molecule has 1 aromatic carbocycles. The molecule has 6 rings (SSSR count). The number of aromatic nitrogens is 2. The van der Waals surface area contributed by atoms with Gasteiger partial charge in [0.15, 0.2) is 0 Å². The van der Waals surface area contributed by atoms with Crippen LogP contribution in [0.2, 0.25) is 5.02 Å². The summed E-state index contributed by atoms with van der Waals surface area (Å²) in [5, 5.41) is 11.7. The van der Waals surface area contributed by atoms with E-state index in [1.54, 1.807) is 15.6 Å². The first-order chi connectivity index (χ1) is 17.5. The first-order valence-corrected chi connectivity index (χ1v) is 14.2. The average molecular weight is 526 g/mol. The van der Waals surface area contributed by atoms with Crippen molar-refractivity contribution < 1.29 is 9.59 Å². The fourth-order valence-electron chi connectivity index (χ4n) is 7.09. The van der Waals surface area contributed by atoms with Crippen LogP contribution in [0.3, 0.4) is 0 Å². The maximum atomic E-state index is 13.5. The van der Waals surface area contributed by atoms with Gasteiger partial charge >= 0.3 is 6.03 Å². The van der Waals surface area contributed by atoms with Crippen molar-refractivity contribution in [2.24, 2.45) is 17.8 Å². The van der Waals surface area contributed by atoms with Crippen LogP contribution < -0.4 is 10.6 Å². The second-order valence-corrected chi connectivity index (χ2v) is 13.0. The topological polar surface area (TPSA) is 79.3 Å². The molecule has 7 nitrogen and oxygen atoms in total. The van der Waals surface area contributed by atoms with Gasteiger partial charge in [0.25, 0.3) is 0 Å². The Morgan fingerprint density at radius 3 is 2.30 bits per heavy atom. The van der Waals surface area contributed by atoms with E-state index in [4.69, 9.17) is 16.7 Å². The lowest BCUT2D eigenvalue weighted by atomic mass is 9.53. The summed E-state index contributed by atoms with van der Waals surface area (Å²) in [6.07, 6.45) is 8.02. The van der Waals surface area contributed by atoms with Crippen LogP contribution in [-0.4, -0.2) is 45.2 Å². The molecule has 0 unspecified atom stereocenters. The van der Waals surface area contributed by atoms with Crippen LogP contribution in [0.4, 0.5) is 10.6 Å². The molecule has 1 aromatic heterocycles. The standard InChI is InChI=1S/C29H40ClN5O2/c1-5-10-34(27(37)32-29-15-19-11-20(16-29)13-21(12-19)17-29)18-26(36)31-25-14-24(28(2,3)4)33-35(25)23-9-7-6-8-22(23)30/h6-9,14,19-21H,5,10-13,15-18H2,1-4H3,(H,31,36)(H,32,37). The van der Waals surface area contributed by atoms with Gasteiger partial charge in [-0.1, -0.05) is 51.4 Å². The Hall–Kier alpha value is -2.54. The lowest BCUT2D eigenvalue weighted by molar-refractivity contribution is -0.116. The number of benzene rings is 1. The number of anilines is 1. The van der Waals surface area contributed by atoms with Gasteiger partial charge in [-0.15, -0.1) is 0 Å². The number of halogens is 1. The first-order valence-electron chi connectivity index (χ1n) is 13.8. The number of hydrogen-bond donors (Lipinski definition) is 2. The van der Waals surface area contributed by atoms with Gasteiger partial charge in [0.2, 0.25) is 5.91 Å². The number of hydrogen-bond acceptors (Lipinski definition) is 3. The molecule has 1 heterocycles. The van der Waals surface area contributed by atoms with Crippen molar-refractivity contribution >= 4 is 29.4 Å². The van der Waals surface area contributed by atoms with Crippen LogP contribution in [0.1, 0.15) is 78.3 Å². The van der Waals surface area contributed by atoms with Crippen molar-refractivity contribution in [1.82, 2.24) is 20.0 Å². The van der Waals surface area contributed by atoms with E-state index in [1.165, 1.54) is 19.3 Å².